The van der Waals surface area contributed by atoms with E-state index in [1.807, 2.05) is 0 Å². The first-order chi connectivity index (χ1) is 13.4. The highest BCUT2D eigenvalue weighted by Gasteiger charge is 2.35. The van der Waals surface area contributed by atoms with Crippen molar-refractivity contribution in [1.29, 1.82) is 0 Å². The van der Waals surface area contributed by atoms with E-state index < -0.39 is 12.0 Å². The van der Waals surface area contributed by atoms with E-state index in [-0.39, 0.29) is 18.8 Å². The molecule has 0 aromatic carbocycles. The van der Waals surface area contributed by atoms with Gasteiger partial charge in [0.15, 0.2) is 0 Å². The van der Waals surface area contributed by atoms with Gasteiger partial charge in [0, 0.05) is 42.2 Å². The molecule has 9 heteroatoms. The smallest absolute Gasteiger partial charge is 0.323 e. The molecule has 1 aliphatic carbocycles. The number of halogens is 3. The van der Waals surface area contributed by atoms with Crippen molar-refractivity contribution < 1.29 is 13.6 Å². The Morgan fingerprint density at radius 2 is 1.96 bits per heavy atom. The van der Waals surface area contributed by atoms with Crippen molar-refractivity contribution in [2.75, 3.05) is 10.6 Å². The van der Waals surface area contributed by atoms with Gasteiger partial charge in [0.25, 0.3) is 0 Å². The number of urea groups is 1. The highest BCUT2D eigenvalue weighted by Crippen LogP contribution is 2.40. The summed E-state index contributed by atoms with van der Waals surface area (Å²) >= 11 is 5.95. The average molecular weight is 406 g/mol. The lowest BCUT2D eigenvalue weighted by Gasteiger charge is -2.27. The molecule has 1 fully saturated rings. The van der Waals surface area contributed by atoms with E-state index in [0.29, 0.717) is 40.3 Å². The number of nitrogens with one attached hydrogen (secondary N) is 3. The number of H-pyrrole nitrogens is 1. The second kappa shape index (κ2) is 7.35. The number of hydrogen-bond acceptors (Lipinski definition) is 3. The summed E-state index contributed by atoms with van der Waals surface area (Å²) in [5.74, 6) is -2.52. The Labute approximate surface area is 164 Å². The van der Waals surface area contributed by atoms with Gasteiger partial charge in [-0.15, -0.1) is 0 Å². The number of aromatic nitrogens is 3. The molecule has 146 valence electrons. The summed E-state index contributed by atoms with van der Waals surface area (Å²) in [6, 6.07) is 4.77. The van der Waals surface area contributed by atoms with Crippen LogP contribution in [-0.4, -0.2) is 26.9 Å². The van der Waals surface area contributed by atoms with E-state index >= 15 is 0 Å². The molecule has 2 amide bonds. The Bertz CT molecular complexity index is 995. The predicted octanol–water partition coefficient (Wildman–Crippen LogP) is 5.55. The van der Waals surface area contributed by atoms with E-state index in [4.69, 9.17) is 11.6 Å². The lowest BCUT2D eigenvalue weighted by Crippen LogP contribution is -2.24. The lowest BCUT2D eigenvalue weighted by molar-refractivity contribution is -0.0384. The highest BCUT2D eigenvalue weighted by molar-refractivity contribution is 6.31. The molecule has 6 nitrogen and oxygen atoms in total. The highest BCUT2D eigenvalue weighted by atomic mass is 35.5. The minimum atomic E-state index is -2.56. The molecule has 1 aliphatic rings. The maximum atomic E-state index is 13.3. The summed E-state index contributed by atoms with van der Waals surface area (Å²) < 4.78 is 26.6. The number of nitrogens with zero attached hydrogens (tertiary/aromatic N) is 2. The standard InChI is InChI=1S/C19H18ClF2N5O/c20-12-7-14-16(10-25-17(14)24-8-12)27-18(28)26-13-1-2-15(23-9-13)11-3-5-19(21,22)6-4-11/h1-2,7-11H,3-6H2,(H,24,25)(H2,26,27,28). The van der Waals surface area contributed by atoms with Crippen molar-refractivity contribution in [2.45, 2.75) is 37.5 Å². The van der Waals surface area contributed by atoms with Crippen molar-refractivity contribution in [3.05, 3.63) is 47.5 Å². The number of rotatable bonds is 3. The van der Waals surface area contributed by atoms with E-state index in [1.54, 1.807) is 24.4 Å². The van der Waals surface area contributed by atoms with Crippen LogP contribution in [0.25, 0.3) is 11.0 Å². The van der Waals surface area contributed by atoms with Crippen molar-refractivity contribution >= 4 is 40.0 Å². The van der Waals surface area contributed by atoms with Crippen LogP contribution in [0.3, 0.4) is 0 Å². The van der Waals surface area contributed by atoms with Gasteiger partial charge in [0.2, 0.25) is 5.92 Å². The zero-order valence-electron chi connectivity index (χ0n) is 14.8. The molecule has 0 atom stereocenters. The zero-order chi connectivity index (χ0) is 19.7. The molecule has 0 unspecified atom stereocenters. The summed E-state index contributed by atoms with van der Waals surface area (Å²) in [6.45, 7) is 0. The fourth-order valence-electron chi connectivity index (χ4n) is 3.42. The first-order valence-electron chi connectivity index (χ1n) is 8.94. The van der Waals surface area contributed by atoms with Crippen molar-refractivity contribution in [3.63, 3.8) is 0 Å². The third-order valence-corrected chi connectivity index (χ3v) is 5.13. The maximum absolute atomic E-state index is 13.3. The molecule has 28 heavy (non-hydrogen) atoms. The van der Waals surface area contributed by atoms with Crippen LogP contribution in [0.5, 0.6) is 0 Å². The summed E-state index contributed by atoms with van der Waals surface area (Å²) in [6.07, 6.45) is 5.32. The van der Waals surface area contributed by atoms with Crippen LogP contribution < -0.4 is 10.6 Å². The Morgan fingerprint density at radius 1 is 1.18 bits per heavy atom. The van der Waals surface area contributed by atoms with Gasteiger partial charge in [-0.05, 0) is 31.0 Å². The van der Waals surface area contributed by atoms with E-state index in [1.165, 1.54) is 12.4 Å². The number of aromatic amines is 1. The quantitative estimate of drug-likeness (QED) is 0.534. The zero-order valence-corrected chi connectivity index (χ0v) is 15.6. The third kappa shape index (κ3) is 4.06. The number of hydrogen-bond donors (Lipinski definition) is 3. The molecule has 3 N–H and O–H groups in total. The van der Waals surface area contributed by atoms with Gasteiger partial charge in [0.1, 0.15) is 5.65 Å². The van der Waals surface area contributed by atoms with Gasteiger partial charge < -0.3 is 15.6 Å². The molecule has 0 saturated heterocycles. The number of fused-ring (bicyclic) bond motifs is 1. The summed E-state index contributed by atoms with van der Waals surface area (Å²) in [4.78, 5) is 23.7. The minimum absolute atomic E-state index is 0.0333. The largest absolute Gasteiger partial charge is 0.344 e. The number of carbonyl (C=O) groups excluding carboxylic acids is 1. The second-order valence-electron chi connectivity index (χ2n) is 6.93. The van der Waals surface area contributed by atoms with E-state index in [9.17, 15) is 13.6 Å². The van der Waals surface area contributed by atoms with Crippen LogP contribution in [0.15, 0.2) is 36.8 Å². The minimum Gasteiger partial charge on any atom is -0.344 e. The molecular formula is C19H18ClF2N5O. The van der Waals surface area contributed by atoms with Gasteiger partial charge in [-0.3, -0.25) is 4.98 Å². The van der Waals surface area contributed by atoms with Crippen molar-refractivity contribution in [3.8, 4) is 0 Å². The van der Waals surface area contributed by atoms with Crippen molar-refractivity contribution in [1.82, 2.24) is 15.0 Å². The van der Waals surface area contributed by atoms with Gasteiger partial charge in [-0.25, -0.2) is 18.6 Å². The van der Waals surface area contributed by atoms with Crippen LogP contribution in [0, 0.1) is 0 Å². The lowest BCUT2D eigenvalue weighted by atomic mass is 9.84. The fraction of sp³-hybridized carbons (Fsp3) is 0.316. The topological polar surface area (TPSA) is 82.7 Å². The fourth-order valence-corrected chi connectivity index (χ4v) is 3.58. The Balaban J connectivity index is 1.39. The molecule has 3 heterocycles. The molecule has 0 radical (unpaired) electrons. The van der Waals surface area contributed by atoms with Gasteiger partial charge in [0.05, 0.1) is 22.6 Å². The summed E-state index contributed by atoms with van der Waals surface area (Å²) in [5, 5.41) is 6.61. The molecule has 1 saturated carbocycles. The van der Waals surface area contributed by atoms with Crippen LogP contribution in [0.2, 0.25) is 5.02 Å². The Morgan fingerprint density at radius 3 is 2.68 bits per heavy atom. The number of amides is 2. The average Bonchev–Trinajstić information content (AvgIpc) is 3.04. The number of alkyl halides is 2. The first-order valence-corrected chi connectivity index (χ1v) is 9.32. The summed E-state index contributed by atoms with van der Waals surface area (Å²) in [7, 11) is 0. The van der Waals surface area contributed by atoms with Crippen LogP contribution in [0.4, 0.5) is 25.0 Å². The van der Waals surface area contributed by atoms with E-state index in [2.05, 4.69) is 25.6 Å². The molecule has 3 aromatic heterocycles. The molecule has 0 aliphatic heterocycles. The second-order valence-corrected chi connectivity index (χ2v) is 7.37. The Hall–Kier alpha value is -2.74. The van der Waals surface area contributed by atoms with Crippen molar-refractivity contribution in [2.24, 2.45) is 0 Å². The van der Waals surface area contributed by atoms with E-state index in [0.717, 1.165) is 5.69 Å². The number of carbonyl (C=O) groups is 1. The summed E-state index contributed by atoms with van der Waals surface area (Å²) in [5.41, 5.74) is 2.45. The van der Waals surface area contributed by atoms with Gasteiger partial charge in [-0.2, -0.15) is 0 Å². The van der Waals surface area contributed by atoms with Gasteiger partial charge >= 0.3 is 6.03 Å². The van der Waals surface area contributed by atoms with Gasteiger partial charge in [-0.1, -0.05) is 11.6 Å². The molecule has 3 aromatic rings. The SMILES string of the molecule is O=C(Nc1ccc(C2CCC(F)(F)CC2)nc1)Nc1c[nH]c2ncc(Cl)cc12. The Kier molecular flexibility index (Phi) is 4.89. The van der Waals surface area contributed by atoms with Crippen LogP contribution in [0.1, 0.15) is 37.3 Å². The number of anilines is 2. The monoisotopic (exact) mass is 405 g/mol. The molecule has 4 rings (SSSR count). The van der Waals surface area contributed by atoms with Crippen LogP contribution >= 0.6 is 11.6 Å². The third-order valence-electron chi connectivity index (χ3n) is 4.93. The first kappa shape index (κ1) is 18.6. The maximum Gasteiger partial charge on any atom is 0.323 e. The molecular weight excluding hydrogens is 388 g/mol. The molecule has 0 spiro atoms. The number of pyridine rings is 2. The van der Waals surface area contributed by atoms with Crippen LogP contribution in [-0.2, 0) is 0 Å². The predicted molar refractivity (Wildman–Crippen MR) is 104 cm³/mol. The normalized spacial score (nSPS) is 16.8. The molecule has 0 bridgehead atoms.